The van der Waals surface area contributed by atoms with Gasteiger partial charge in [0.15, 0.2) is 5.65 Å². The molecule has 1 aliphatic heterocycles. The highest BCUT2D eigenvalue weighted by Gasteiger charge is 2.32. The average molecular weight is 372 g/mol. The summed E-state index contributed by atoms with van der Waals surface area (Å²) in [5, 5.41) is 7.12. The summed E-state index contributed by atoms with van der Waals surface area (Å²) in [6.45, 7) is 6.08. The van der Waals surface area contributed by atoms with Gasteiger partial charge in [-0.2, -0.15) is 0 Å². The average Bonchev–Trinajstić information content (AvgIpc) is 3.25. The highest BCUT2D eigenvalue weighted by atomic mass is 32.1. The number of amides is 1. The summed E-state index contributed by atoms with van der Waals surface area (Å²) in [7, 11) is 0. The van der Waals surface area contributed by atoms with Crippen molar-refractivity contribution >= 4 is 23.1 Å². The molecule has 0 bridgehead atoms. The van der Waals surface area contributed by atoms with Crippen LogP contribution >= 0.6 is 11.5 Å². The van der Waals surface area contributed by atoms with Crippen LogP contribution in [-0.2, 0) is 0 Å². The van der Waals surface area contributed by atoms with Crippen molar-refractivity contribution in [3.63, 3.8) is 0 Å². The Morgan fingerprint density at radius 2 is 2.08 bits per heavy atom. The smallest absolute Gasteiger partial charge is 0.275 e. The third kappa shape index (κ3) is 2.63. The standard InChI is InChI=1S/C17H20N6O2S/c1-9-10(2)18-14-8-12(20-23(14)16(9)24)13-6-4-5-7-22(13)17(25)15-11(3)19-21-26-15/h8,13,20H,4-7H2,1-3H3/t13-/m0/s1. The summed E-state index contributed by atoms with van der Waals surface area (Å²) in [6.07, 6.45) is 2.84. The van der Waals surface area contributed by atoms with Crippen LogP contribution in [0.4, 0.5) is 0 Å². The summed E-state index contributed by atoms with van der Waals surface area (Å²) in [5.74, 6) is -0.0477. The maximum absolute atomic E-state index is 13.0. The van der Waals surface area contributed by atoms with Crippen molar-refractivity contribution in [3.8, 4) is 0 Å². The summed E-state index contributed by atoms with van der Waals surface area (Å²) in [5.41, 5.74) is 3.33. The van der Waals surface area contributed by atoms with E-state index in [1.165, 1.54) is 4.52 Å². The van der Waals surface area contributed by atoms with Gasteiger partial charge in [0.2, 0.25) is 0 Å². The van der Waals surface area contributed by atoms with Crippen molar-refractivity contribution in [2.45, 2.75) is 46.1 Å². The van der Waals surface area contributed by atoms with E-state index in [2.05, 4.69) is 19.7 Å². The van der Waals surface area contributed by atoms with E-state index in [9.17, 15) is 9.59 Å². The SMILES string of the molecule is Cc1nnsc1C(=O)N1CCCC[C@H]1c1cc2nc(C)c(C)c(=O)n2[nH]1. The van der Waals surface area contributed by atoms with Crippen LogP contribution in [0, 0.1) is 20.8 Å². The molecule has 4 heterocycles. The summed E-state index contributed by atoms with van der Waals surface area (Å²) < 4.78 is 5.35. The van der Waals surface area contributed by atoms with E-state index in [-0.39, 0.29) is 17.5 Å². The lowest BCUT2D eigenvalue weighted by atomic mass is 9.99. The molecule has 1 N–H and O–H groups in total. The molecule has 1 saturated heterocycles. The Bertz CT molecular complexity index is 1050. The quantitative estimate of drug-likeness (QED) is 0.744. The van der Waals surface area contributed by atoms with Gasteiger partial charge in [-0.05, 0) is 51.6 Å². The van der Waals surface area contributed by atoms with Gasteiger partial charge in [0.25, 0.3) is 11.5 Å². The molecule has 1 aliphatic rings. The lowest BCUT2D eigenvalue weighted by Crippen LogP contribution is -2.38. The predicted molar refractivity (Wildman–Crippen MR) is 97.6 cm³/mol. The number of nitrogens with zero attached hydrogens (tertiary/aromatic N) is 5. The molecule has 136 valence electrons. The Hall–Kier alpha value is -2.55. The fraction of sp³-hybridized carbons (Fsp3) is 0.471. The number of aromatic amines is 1. The van der Waals surface area contributed by atoms with Gasteiger partial charge in [-0.3, -0.25) is 14.7 Å². The first-order chi connectivity index (χ1) is 12.5. The van der Waals surface area contributed by atoms with Gasteiger partial charge in [-0.1, -0.05) is 4.49 Å². The zero-order chi connectivity index (χ0) is 18.4. The number of carbonyl (C=O) groups excluding carboxylic acids is 1. The molecular weight excluding hydrogens is 352 g/mol. The van der Waals surface area contributed by atoms with Crippen LogP contribution in [0.15, 0.2) is 10.9 Å². The number of hydrogen-bond donors (Lipinski definition) is 1. The Morgan fingerprint density at radius 1 is 1.27 bits per heavy atom. The van der Waals surface area contributed by atoms with Gasteiger partial charge < -0.3 is 4.90 Å². The van der Waals surface area contributed by atoms with E-state index in [4.69, 9.17) is 0 Å². The van der Waals surface area contributed by atoms with Crippen LogP contribution in [0.3, 0.4) is 0 Å². The van der Waals surface area contributed by atoms with Crippen LogP contribution < -0.4 is 5.56 Å². The Labute approximate surface area is 154 Å². The van der Waals surface area contributed by atoms with Crippen LogP contribution in [0.2, 0.25) is 0 Å². The van der Waals surface area contributed by atoms with Crippen molar-refractivity contribution in [1.82, 2.24) is 29.1 Å². The minimum atomic E-state index is -0.112. The van der Waals surface area contributed by atoms with Gasteiger partial charge >= 0.3 is 0 Å². The van der Waals surface area contributed by atoms with Crippen molar-refractivity contribution in [2.24, 2.45) is 0 Å². The highest BCUT2D eigenvalue weighted by Crippen LogP contribution is 2.32. The van der Waals surface area contributed by atoms with Crippen LogP contribution in [-0.4, -0.2) is 41.5 Å². The molecule has 0 aromatic carbocycles. The first-order valence-electron chi connectivity index (χ1n) is 8.66. The zero-order valence-corrected chi connectivity index (χ0v) is 15.8. The van der Waals surface area contributed by atoms with Crippen molar-refractivity contribution in [2.75, 3.05) is 6.54 Å². The maximum Gasteiger partial charge on any atom is 0.275 e. The lowest BCUT2D eigenvalue weighted by Gasteiger charge is -2.34. The molecule has 0 spiro atoms. The first kappa shape index (κ1) is 16.9. The molecule has 0 aliphatic carbocycles. The fourth-order valence-corrected chi connectivity index (χ4v) is 4.08. The maximum atomic E-state index is 13.0. The van der Waals surface area contributed by atoms with E-state index in [0.29, 0.717) is 28.3 Å². The van der Waals surface area contributed by atoms with Crippen molar-refractivity contribution < 1.29 is 4.79 Å². The van der Waals surface area contributed by atoms with Crippen LogP contribution in [0.5, 0.6) is 0 Å². The monoisotopic (exact) mass is 372 g/mol. The van der Waals surface area contributed by atoms with E-state index >= 15 is 0 Å². The number of rotatable bonds is 2. The molecule has 26 heavy (non-hydrogen) atoms. The number of fused-ring (bicyclic) bond motifs is 1. The molecule has 0 saturated carbocycles. The van der Waals surface area contributed by atoms with Gasteiger partial charge in [0.05, 0.1) is 17.4 Å². The molecule has 0 unspecified atom stereocenters. The second-order valence-electron chi connectivity index (χ2n) is 6.73. The number of aryl methyl sites for hydroxylation is 2. The molecule has 3 aromatic heterocycles. The first-order valence-corrected chi connectivity index (χ1v) is 9.43. The third-order valence-electron chi connectivity index (χ3n) is 5.07. The van der Waals surface area contributed by atoms with Gasteiger partial charge in [-0.25, -0.2) is 9.50 Å². The van der Waals surface area contributed by atoms with Crippen LogP contribution in [0.1, 0.15) is 57.6 Å². The van der Waals surface area contributed by atoms with E-state index in [0.717, 1.165) is 42.2 Å². The lowest BCUT2D eigenvalue weighted by molar-refractivity contribution is 0.0610. The number of hydrogen-bond acceptors (Lipinski definition) is 6. The van der Waals surface area contributed by atoms with Gasteiger partial charge in [-0.15, -0.1) is 5.10 Å². The molecule has 1 atom stereocenters. The van der Waals surface area contributed by atoms with Crippen molar-refractivity contribution in [3.05, 3.63) is 43.9 Å². The largest absolute Gasteiger partial charge is 0.329 e. The van der Waals surface area contributed by atoms with E-state index in [1.54, 1.807) is 13.8 Å². The van der Waals surface area contributed by atoms with Crippen molar-refractivity contribution in [1.29, 1.82) is 0 Å². The molecule has 1 fully saturated rings. The van der Waals surface area contributed by atoms with E-state index < -0.39 is 0 Å². The minimum Gasteiger partial charge on any atom is -0.329 e. The topological polar surface area (TPSA) is 96.2 Å². The molecule has 9 heteroatoms. The molecule has 8 nitrogen and oxygen atoms in total. The summed E-state index contributed by atoms with van der Waals surface area (Å²) in [4.78, 5) is 32.4. The molecule has 3 aromatic rings. The Balaban J connectivity index is 1.76. The van der Waals surface area contributed by atoms with E-state index in [1.807, 2.05) is 17.9 Å². The highest BCUT2D eigenvalue weighted by molar-refractivity contribution is 7.07. The molecular formula is C17H20N6O2S. The molecule has 0 radical (unpaired) electrons. The fourth-order valence-electron chi connectivity index (χ4n) is 3.46. The normalized spacial score (nSPS) is 17.8. The van der Waals surface area contributed by atoms with Gasteiger partial charge in [0.1, 0.15) is 4.88 Å². The molecule has 4 rings (SSSR count). The number of likely N-dealkylation sites (tertiary alicyclic amines) is 1. The second kappa shape index (κ2) is 6.31. The predicted octanol–water partition coefficient (Wildman–Crippen LogP) is 2.17. The minimum absolute atomic E-state index is 0.0477. The number of aromatic nitrogens is 5. The summed E-state index contributed by atoms with van der Waals surface area (Å²) >= 11 is 1.13. The number of piperidine rings is 1. The number of H-pyrrole nitrogens is 1. The third-order valence-corrected chi connectivity index (χ3v) is 5.89. The van der Waals surface area contributed by atoms with Gasteiger partial charge in [0, 0.05) is 23.9 Å². The second-order valence-corrected chi connectivity index (χ2v) is 7.48. The number of carbonyl (C=O) groups is 1. The Kier molecular flexibility index (Phi) is 4.10. The van der Waals surface area contributed by atoms with Crippen LogP contribution in [0.25, 0.3) is 5.65 Å². The summed E-state index contributed by atoms with van der Waals surface area (Å²) in [6, 6.07) is 1.77. The number of nitrogens with one attached hydrogen (secondary N) is 1. The molecule has 1 amide bonds. The zero-order valence-electron chi connectivity index (χ0n) is 14.9. The Morgan fingerprint density at radius 3 is 2.81 bits per heavy atom.